The van der Waals surface area contributed by atoms with Crippen molar-refractivity contribution in [3.05, 3.63) is 12.2 Å². The molecule has 0 aliphatic heterocycles. The van der Waals surface area contributed by atoms with Crippen molar-refractivity contribution in [2.24, 2.45) is 4.99 Å². The second-order valence-electron chi connectivity index (χ2n) is 3.04. The van der Waals surface area contributed by atoms with Crippen LogP contribution in [-0.4, -0.2) is 12.3 Å². The van der Waals surface area contributed by atoms with Gasteiger partial charge in [-0.05, 0) is 25.8 Å². The first-order chi connectivity index (χ1) is 5.81. The molecule has 0 saturated heterocycles. The molecule has 70 valence electrons. The lowest BCUT2D eigenvalue weighted by atomic mass is 10.2. The molecule has 0 aromatic carbocycles. The Labute approximate surface area is 76.6 Å². The minimum atomic E-state index is 0.994. The van der Waals surface area contributed by atoms with Gasteiger partial charge in [0.1, 0.15) is 0 Å². The van der Waals surface area contributed by atoms with E-state index in [1.165, 1.54) is 19.3 Å². The molecule has 0 aliphatic rings. The molecule has 0 bridgehead atoms. The molecule has 1 heteroatoms. The van der Waals surface area contributed by atoms with Crippen LogP contribution >= 0.6 is 0 Å². The molecule has 1 nitrogen and oxygen atoms in total. The SMILES string of the molecule is CC/C=C\C(C)=NCCCCC. The molecule has 0 saturated carbocycles. The lowest BCUT2D eigenvalue weighted by molar-refractivity contribution is 0.728. The molecule has 12 heavy (non-hydrogen) atoms. The Balaban J connectivity index is 3.47. The maximum absolute atomic E-state index is 4.43. The van der Waals surface area contributed by atoms with Crippen molar-refractivity contribution >= 4 is 5.71 Å². The van der Waals surface area contributed by atoms with E-state index in [0.717, 1.165) is 18.7 Å². The highest BCUT2D eigenvalue weighted by atomic mass is 14.7. The van der Waals surface area contributed by atoms with Gasteiger partial charge in [-0.3, -0.25) is 4.99 Å². The molecule has 0 aromatic rings. The molecule has 0 radical (unpaired) electrons. The summed E-state index contributed by atoms with van der Waals surface area (Å²) in [7, 11) is 0. The predicted molar refractivity (Wildman–Crippen MR) is 56.9 cm³/mol. The van der Waals surface area contributed by atoms with Gasteiger partial charge in [0, 0.05) is 12.3 Å². The number of allylic oxidation sites excluding steroid dienone is 2. The van der Waals surface area contributed by atoms with Crippen molar-refractivity contribution in [1.29, 1.82) is 0 Å². The molecule has 0 aromatic heterocycles. The molecule has 0 unspecified atom stereocenters. The van der Waals surface area contributed by atoms with Crippen LogP contribution < -0.4 is 0 Å². The predicted octanol–water partition coefficient (Wildman–Crippen LogP) is 3.60. The molecule has 0 rings (SSSR count). The van der Waals surface area contributed by atoms with Crippen molar-refractivity contribution < 1.29 is 0 Å². The summed E-state index contributed by atoms with van der Waals surface area (Å²) in [5.41, 5.74) is 1.16. The Morgan fingerprint density at radius 3 is 2.58 bits per heavy atom. The first-order valence-corrected chi connectivity index (χ1v) is 4.98. The highest BCUT2D eigenvalue weighted by molar-refractivity contribution is 5.92. The van der Waals surface area contributed by atoms with Crippen LogP contribution in [0.5, 0.6) is 0 Å². The van der Waals surface area contributed by atoms with Crippen LogP contribution in [0, 0.1) is 0 Å². The van der Waals surface area contributed by atoms with Crippen molar-refractivity contribution in [1.82, 2.24) is 0 Å². The van der Waals surface area contributed by atoms with Gasteiger partial charge in [-0.25, -0.2) is 0 Å². The fraction of sp³-hybridized carbons (Fsp3) is 0.727. The summed E-state index contributed by atoms with van der Waals surface area (Å²) in [4.78, 5) is 4.43. The van der Waals surface area contributed by atoms with Crippen LogP contribution in [0.1, 0.15) is 46.5 Å². The first kappa shape index (κ1) is 11.4. The van der Waals surface area contributed by atoms with Gasteiger partial charge in [0.2, 0.25) is 0 Å². The third-order valence-corrected chi connectivity index (χ3v) is 1.72. The van der Waals surface area contributed by atoms with Crippen LogP contribution in [0.2, 0.25) is 0 Å². The highest BCUT2D eigenvalue weighted by Gasteiger charge is 1.84. The minimum absolute atomic E-state index is 0.994. The van der Waals surface area contributed by atoms with Crippen molar-refractivity contribution in [3.8, 4) is 0 Å². The topological polar surface area (TPSA) is 12.4 Å². The Bertz CT molecular complexity index is 145. The third kappa shape index (κ3) is 7.52. The average Bonchev–Trinajstić information content (AvgIpc) is 2.09. The molecule has 0 amide bonds. The summed E-state index contributed by atoms with van der Waals surface area (Å²) in [6.45, 7) is 7.42. The number of rotatable bonds is 6. The molecule has 0 aliphatic carbocycles. The van der Waals surface area contributed by atoms with Crippen molar-refractivity contribution in [3.63, 3.8) is 0 Å². The van der Waals surface area contributed by atoms with E-state index < -0.39 is 0 Å². The Morgan fingerprint density at radius 1 is 1.25 bits per heavy atom. The zero-order valence-electron chi connectivity index (χ0n) is 8.64. The number of nitrogens with zero attached hydrogens (tertiary/aromatic N) is 1. The summed E-state index contributed by atoms with van der Waals surface area (Å²) in [5.74, 6) is 0. The minimum Gasteiger partial charge on any atom is -0.290 e. The van der Waals surface area contributed by atoms with Gasteiger partial charge in [-0.15, -0.1) is 0 Å². The molecule has 0 spiro atoms. The van der Waals surface area contributed by atoms with E-state index in [4.69, 9.17) is 0 Å². The zero-order valence-corrected chi connectivity index (χ0v) is 8.64. The fourth-order valence-electron chi connectivity index (χ4n) is 0.958. The molecular formula is C11H21N. The Hall–Kier alpha value is -0.590. The van der Waals surface area contributed by atoms with E-state index in [2.05, 4.69) is 37.9 Å². The van der Waals surface area contributed by atoms with Gasteiger partial charge >= 0.3 is 0 Å². The maximum atomic E-state index is 4.43. The second-order valence-corrected chi connectivity index (χ2v) is 3.04. The zero-order chi connectivity index (χ0) is 9.23. The van der Waals surface area contributed by atoms with Crippen LogP contribution in [0.3, 0.4) is 0 Å². The van der Waals surface area contributed by atoms with Gasteiger partial charge in [0.05, 0.1) is 0 Å². The number of hydrogen-bond acceptors (Lipinski definition) is 1. The van der Waals surface area contributed by atoms with E-state index in [0.29, 0.717) is 0 Å². The smallest absolute Gasteiger partial charge is 0.0392 e. The van der Waals surface area contributed by atoms with Crippen molar-refractivity contribution in [2.75, 3.05) is 6.54 Å². The standard InChI is InChI=1S/C11H21N/c1-4-6-8-10-12-11(3)9-7-5-2/h7,9H,4-6,8,10H2,1-3H3/b9-7-,12-11?. The van der Waals surface area contributed by atoms with E-state index >= 15 is 0 Å². The molecular weight excluding hydrogens is 146 g/mol. The van der Waals surface area contributed by atoms with Gasteiger partial charge in [-0.1, -0.05) is 32.8 Å². The van der Waals surface area contributed by atoms with E-state index in [1.807, 2.05) is 0 Å². The number of aliphatic imine (C=N–C) groups is 1. The molecule has 0 heterocycles. The van der Waals surface area contributed by atoms with Crippen LogP contribution in [-0.2, 0) is 0 Å². The molecule has 0 atom stereocenters. The monoisotopic (exact) mass is 167 g/mol. The maximum Gasteiger partial charge on any atom is 0.0392 e. The molecule has 0 fully saturated rings. The fourth-order valence-corrected chi connectivity index (χ4v) is 0.958. The van der Waals surface area contributed by atoms with Gasteiger partial charge < -0.3 is 0 Å². The van der Waals surface area contributed by atoms with E-state index in [1.54, 1.807) is 0 Å². The summed E-state index contributed by atoms with van der Waals surface area (Å²) in [5, 5.41) is 0. The van der Waals surface area contributed by atoms with Crippen molar-refractivity contribution in [2.45, 2.75) is 46.5 Å². The van der Waals surface area contributed by atoms with Crippen LogP contribution in [0.15, 0.2) is 17.1 Å². The van der Waals surface area contributed by atoms with Crippen LogP contribution in [0.25, 0.3) is 0 Å². The summed E-state index contributed by atoms with van der Waals surface area (Å²) < 4.78 is 0. The molecule has 0 N–H and O–H groups in total. The highest BCUT2D eigenvalue weighted by Crippen LogP contribution is 1.94. The largest absolute Gasteiger partial charge is 0.290 e. The normalized spacial score (nSPS) is 12.8. The van der Waals surface area contributed by atoms with Gasteiger partial charge in [0.15, 0.2) is 0 Å². The Morgan fingerprint density at radius 2 is 2.00 bits per heavy atom. The third-order valence-electron chi connectivity index (χ3n) is 1.72. The lowest BCUT2D eigenvalue weighted by Crippen LogP contribution is -1.88. The van der Waals surface area contributed by atoms with E-state index in [9.17, 15) is 0 Å². The van der Waals surface area contributed by atoms with Gasteiger partial charge in [-0.2, -0.15) is 0 Å². The number of unbranched alkanes of at least 4 members (excludes halogenated alkanes) is 2. The van der Waals surface area contributed by atoms with Crippen LogP contribution in [0.4, 0.5) is 0 Å². The lowest BCUT2D eigenvalue weighted by Gasteiger charge is -1.94. The summed E-state index contributed by atoms with van der Waals surface area (Å²) >= 11 is 0. The average molecular weight is 167 g/mol. The first-order valence-electron chi connectivity index (χ1n) is 4.98. The van der Waals surface area contributed by atoms with E-state index in [-0.39, 0.29) is 0 Å². The number of hydrogen-bond donors (Lipinski definition) is 0. The summed E-state index contributed by atoms with van der Waals surface area (Å²) in [6.07, 6.45) is 9.16. The Kier molecular flexibility index (Phi) is 8.09. The van der Waals surface area contributed by atoms with Gasteiger partial charge in [0.25, 0.3) is 0 Å². The second kappa shape index (κ2) is 8.51. The summed E-state index contributed by atoms with van der Waals surface area (Å²) in [6, 6.07) is 0. The quantitative estimate of drug-likeness (QED) is 0.423.